The van der Waals surface area contributed by atoms with Gasteiger partial charge in [0.1, 0.15) is 0 Å². The van der Waals surface area contributed by atoms with E-state index in [4.69, 9.17) is 0 Å². The molecule has 1 aromatic rings. The van der Waals surface area contributed by atoms with Crippen molar-refractivity contribution in [3.8, 4) is 0 Å². The molecule has 0 nitrogen and oxygen atoms in total. The van der Waals surface area contributed by atoms with Crippen molar-refractivity contribution >= 4 is 11.8 Å². The summed E-state index contributed by atoms with van der Waals surface area (Å²) in [5.74, 6) is 0. The van der Waals surface area contributed by atoms with Crippen LogP contribution in [0.25, 0.3) is 0 Å². The van der Waals surface area contributed by atoms with Crippen LogP contribution in [0.2, 0.25) is 0 Å². The molecule has 1 aliphatic rings. The SMILES string of the molecule is C1=C/C(=C/Sc2ccccc2)CCC1. The molecule has 14 heavy (non-hydrogen) atoms. The maximum atomic E-state index is 2.27. The van der Waals surface area contributed by atoms with E-state index in [0.717, 1.165) is 0 Å². The Balaban J connectivity index is 1.99. The van der Waals surface area contributed by atoms with E-state index in [1.54, 1.807) is 0 Å². The van der Waals surface area contributed by atoms with Gasteiger partial charge in [0.15, 0.2) is 0 Å². The highest BCUT2D eigenvalue weighted by Gasteiger charge is 1.98. The predicted molar refractivity (Wildman–Crippen MR) is 63.4 cm³/mol. The summed E-state index contributed by atoms with van der Waals surface area (Å²) in [5.41, 5.74) is 1.46. The first kappa shape index (κ1) is 9.60. The summed E-state index contributed by atoms with van der Waals surface area (Å²) in [4.78, 5) is 1.32. The summed E-state index contributed by atoms with van der Waals surface area (Å²) in [6.45, 7) is 0. The zero-order valence-electron chi connectivity index (χ0n) is 8.15. The van der Waals surface area contributed by atoms with E-state index < -0.39 is 0 Å². The third kappa shape index (κ3) is 2.78. The molecule has 0 heterocycles. The Kier molecular flexibility index (Phi) is 3.47. The molecule has 72 valence electrons. The third-order valence-corrected chi connectivity index (χ3v) is 3.22. The van der Waals surface area contributed by atoms with E-state index in [2.05, 4.69) is 47.9 Å². The predicted octanol–water partition coefficient (Wildman–Crippen LogP) is 4.40. The van der Waals surface area contributed by atoms with E-state index in [0.29, 0.717) is 0 Å². The molecule has 0 atom stereocenters. The van der Waals surface area contributed by atoms with Gasteiger partial charge in [0.25, 0.3) is 0 Å². The van der Waals surface area contributed by atoms with Crippen molar-refractivity contribution in [2.24, 2.45) is 0 Å². The van der Waals surface area contributed by atoms with Crippen LogP contribution in [0.5, 0.6) is 0 Å². The van der Waals surface area contributed by atoms with Crippen LogP contribution in [0.3, 0.4) is 0 Å². The second-order valence-corrected chi connectivity index (χ2v) is 4.36. The molecule has 1 aromatic carbocycles. The Morgan fingerprint density at radius 3 is 2.71 bits per heavy atom. The van der Waals surface area contributed by atoms with Gasteiger partial charge in [-0.2, -0.15) is 0 Å². The number of rotatable bonds is 2. The van der Waals surface area contributed by atoms with Gasteiger partial charge >= 0.3 is 0 Å². The first-order valence-electron chi connectivity index (χ1n) is 5.02. The van der Waals surface area contributed by atoms with Crippen LogP contribution >= 0.6 is 11.8 Å². The lowest BCUT2D eigenvalue weighted by Gasteiger charge is -2.06. The lowest BCUT2D eigenvalue weighted by molar-refractivity contribution is 0.822. The van der Waals surface area contributed by atoms with Crippen LogP contribution in [-0.2, 0) is 0 Å². The van der Waals surface area contributed by atoms with Crippen LogP contribution in [0.4, 0.5) is 0 Å². The van der Waals surface area contributed by atoms with Crippen LogP contribution in [0, 0.1) is 0 Å². The van der Waals surface area contributed by atoms with Gasteiger partial charge in [-0.15, -0.1) is 0 Å². The summed E-state index contributed by atoms with van der Waals surface area (Å²) in [5, 5.41) is 2.27. The molecule has 0 unspecified atom stereocenters. The number of thioether (sulfide) groups is 1. The summed E-state index contributed by atoms with van der Waals surface area (Å²) in [6.07, 6.45) is 8.29. The molecule has 0 saturated heterocycles. The second kappa shape index (κ2) is 5.06. The van der Waals surface area contributed by atoms with Crippen molar-refractivity contribution in [2.45, 2.75) is 24.2 Å². The quantitative estimate of drug-likeness (QED) is 0.640. The zero-order chi connectivity index (χ0) is 9.64. The zero-order valence-corrected chi connectivity index (χ0v) is 8.96. The van der Waals surface area contributed by atoms with Crippen molar-refractivity contribution in [2.75, 3.05) is 0 Å². The van der Waals surface area contributed by atoms with Crippen LogP contribution in [0.1, 0.15) is 19.3 Å². The summed E-state index contributed by atoms with van der Waals surface area (Å²) < 4.78 is 0. The minimum Gasteiger partial charge on any atom is -0.0978 e. The number of hydrogen-bond donors (Lipinski definition) is 0. The molecular weight excluding hydrogens is 188 g/mol. The van der Waals surface area contributed by atoms with Gasteiger partial charge in [0.2, 0.25) is 0 Å². The van der Waals surface area contributed by atoms with Gasteiger partial charge in [-0.1, -0.05) is 42.1 Å². The molecule has 0 amide bonds. The Morgan fingerprint density at radius 2 is 2.00 bits per heavy atom. The average molecular weight is 202 g/mol. The normalized spacial score (nSPS) is 18.7. The molecule has 0 spiro atoms. The first-order valence-corrected chi connectivity index (χ1v) is 5.90. The second-order valence-electron chi connectivity index (χ2n) is 3.42. The highest BCUT2D eigenvalue weighted by Crippen LogP contribution is 2.24. The topological polar surface area (TPSA) is 0 Å². The maximum Gasteiger partial charge on any atom is 0.0116 e. The molecule has 2 rings (SSSR count). The highest BCUT2D eigenvalue weighted by molar-refractivity contribution is 8.02. The average Bonchev–Trinajstić information content (AvgIpc) is 2.29. The Morgan fingerprint density at radius 1 is 1.14 bits per heavy atom. The van der Waals surface area contributed by atoms with Gasteiger partial charge in [-0.05, 0) is 42.4 Å². The van der Waals surface area contributed by atoms with Crippen LogP contribution in [0.15, 0.2) is 58.4 Å². The Labute approximate surface area is 89.7 Å². The number of benzene rings is 1. The third-order valence-electron chi connectivity index (χ3n) is 2.26. The minimum absolute atomic E-state index is 1.23. The molecule has 0 saturated carbocycles. The minimum atomic E-state index is 1.23. The van der Waals surface area contributed by atoms with Crippen molar-refractivity contribution in [3.05, 3.63) is 53.5 Å². The largest absolute Gasteiger partial charge is 0.0978 e. The molecule has 0 N–H and O–H groups in total. The fraction of sp³-hybridized carbons (Fsp3) is 0.231. The molecular formula is C13H14S. The van der Waals surface area contributed by atoms with Crippen molar-refractivity contribution in [3.63, 3.8) is 0 Å². The first-order chi connectivity index (χ1) is 6.95. The van der Waals surface area contributed by atoms with E-state index in [9.17, 15) is 0 Å². The molecule has 0 radical (unpaired) electrons. The Bertz CT molecular complexity index is 336. The summed E-state index contributed by atoms with van der Waals surface area (Å²) in [6, 6.07) is 10.5. The highest BCUT2D eigenvalue weighted by atomic mass is 32.2. The number of allylic oxidation sites excluding steroid dienone is 3. The standard InChI is InChI=1S/C13H14S/c1-3-7-12(8-4-1)11-14-13-9-5-2-6-10-13/h2-3,5-7,9-11H,1,4,8H2/b12-11-. The lowest BCUT2D eigenvalue weighted by atomic mass is 10.0. The molecule has 0 fully saturated rings. The fourth-order valence-corrected chi connectivity index (χ4v) is 2.28. The van der Waals surface area contributed by atoms with Crippen LogP contribution in [-0.4, -0.2) is 0 Å². The van der Waals surface area contributed by atoms with E-state index in [1.807, 2.05) is 11.8 Å². The van der Waals surface area contributed by atoms with Gasteiger partial charge in [-0.25, -0.2) is 0 Å². The summed E-state index contributed by atoms with van der Waals surface area (Å²) >= 11 is 1.81. The van der Waals surface area contributed by atoms with E-state index >= 15 is 0 Å². The molecule has 0 bridgehead atoms. The van der Waals surface area contributed by atoms with Gasteiger partial charge < -0.3 is 0 Å². The molecule has 0 aromatic heterocycles. The molecule has 1 aliphatic carbocycles. The Hall–Kier alpha value is -0.950. The summed E-state index contributed by atoms with van der Waals surface area (Å²) in [7, 11) is 0. The van der Waals surface area contributed by atoms with Crippen molar-refractivity contribution in [1.82, 2.24) is 0 Å². The van der Waals surface area contributed by atoms with Crippen LogP contribution < -0.4 is 0 Å². The van der Waals surface area contributed by atoms with Crippen molar-refractivity contribution < 1.29 is 0 Å². The van der Waals surface area contributed by atoms with E-state index in [-0.39, 0.29) is 0 Å². The maximum absolute atomic E-state index is 2.27. The molecule has 0 aliphatic heterocycles. The smallest absolute Gasteiger partial charge is 0.0116 e. The molecule has 1 heteroatoms. The fourth-order valence-electron chi connectivity index (χ4n) is 1.48. The lowest BCUT2D eigenvalue weighted by Crippen LogP contribution is -1.84. The van der Waals surface area contributed by atoms with Gasteiger partial charge in [0, 0.05) is 4.90 Å². The van der Waals surface area contributed by atoms with Gasteiger partial charge in [0.05, 0.1) is 0 Å². The number of hydrogen-bond acceptors (Lipinski definition) is 1. The van der Waals surface area contributed by atoms with Gasteiger partial charge in [-0.3, -0.25) is 0 Å². The van der Waals surface area contributed by atoms with Crippen molar-refractivity contribution in [1.29, 1.82) is 0 Å². The monoisotopic (exact) mass is 202 g/mol. The van der Waals surface area contributed by atoms with E-state index in [1.165, 1.54) is 29.7 Å².